The molecule has 0 N–H and O–H groups in total. The summed E-state index contributed by atoms with van der Waals surface area (Å²) in [5.74, 6) is 0.172. The van der Waals surface area contributed by atoms with E-state index >= 15 is 0 Å². The quantitative estimate of drug-likeness (QED) is 0.733. The summed E-state index contributed by atoms with van der Waals surface area (Å²) in [6.07, 6.45) is 2.16. The molecular weight excluding hydrogens is 316 g/mol. The molecule has 1 heterocycles. The number of halogens is 1. The number of imidazole rings is 1. The van der Waals surface area contributed by atoms with Gasteiger partial charge in [0.15, 0.2) is 5.78 Å². The number of para-hydroxylation sites is 2. The van der Waals surface area contributed by atoms with E-state index in [-0.39, 0.29) is 5.78 Å². The van der Waals surface area contributed by atoms with Crippen LogP contribution >= 0.6 is 15.9 Å². The molecule has 3 rings (SSSR count). The molecule has 2 aromatic carbocycles. The van der Waals surface area contributed by atoms with Gasteiger partial charge in [-0.15, -0.1) is 0 Å². The highest BCUT2D eigenvalue weighted by molar-refractivity contribution is 9.10. The van der Waals surface area contributed by atoms with E-state index in [9.17, 15) is 4.79 Å². The summed E-state index contributed by atoms with van der Waals surface area (Å²) in [4.78, 5) is 16.5. The fourth-order valence-corrected chi connectivity index (χ4v) is 2.70. The van der Waals surface area contributed by atoms with Crippen molar-refractivity contribution in [2.45, 2.75) is 13.0 Å². The van der Waals surface area contributed by atoms with Gasteiger partial charge >= 0.3 is 0 Å². The lowest BCUT2D eigenvalue weighted by Crippen LogP contribution is -2.11. The molecule has 4 heteroatoms. The van der Waals surface area contributed by atoms with Crippen molar-refractivity contribution in [2.75, 3.05) is 0 Å². The summed E-state index contributed by atoms with van der Waals surface area (Å²) in [5.41, 5.74) is 2.94. The van der Waals surface area contributed by atoms with Gasteiger partial charge in [-0.1, -0.05) is 40.2 Å². The third kappa shape index (κ3) is 2.80. The maximum Gasteiger partial charge on any atom is 0.156 e. The van der Waals surface area contributed by atoms with Crippen molar-refractivity contribution in [3.05, 3.63) is 64.9 Å². The highest BCUT2D eigenvalue weighted by Gasteiger charge is 2.08. The number of aromatic nitrogens is 2. The Morgan fingerprint density at radius 3 is 2.85 bits per heavy atom. The zero-order valence-electron chi connectivity index (χ0n) is 10.8. The Balaban J connectivity index is 1.76. The van der Waals surface area contributed by atoms with E-state index in [1.54, 1.807) is 6.33 Å². The molecule has 0 bridgehead atoms. The standard InChI is InChI=1S/C16H13BrN2O/c17-13-5-3-4-12(8-13)9-14(20)10-19-11-18-15-6-1-2-7-16(15)19/h1-8,11H,9-10H2. The Morgan fingerprint density at radius 1 is 1.15 bits per heavy atom. The minimum atomic E-state index is 0.172. The molecule has 100 valence electrons. The predicted octanol–water partition coefficient (Wildman–Crippen LogP) is 3.61. The molecule has 0 aliphatic carbocycles. The van der Waals surface area contributed by atoms with Gasteiger partial charge in [-0.3, -0.25) is 4.79 Å². The number of Topliss-reactive ketones (excluding diaryl/α,β-unsaturated/α-hetero) is 1. The maximum absolute atomic E-state index is 12.2. The van der Waals surface area contributed by atoms with Crippen LogP contribution in [0, 0.1) is 0 Å². The molecule has 0 saturated heterocycles. The molecule has 0 fully saturated rings. The number of fused-ring (bicyclic) bond motifs is 1. The van der Waals surface area contributed by atoms with Gasteiger partial charge in [0.25, 0.3) is 0 Å². The van der Waals surface area contributed by atoms with E-state index in [4.69, 9.17) is 0 Å². The molecule has 0 amide bonds. The smallest absolute Gasteiger partial charge is 0.156 e. The Kier molecular flexibility index (Phi) is 3.65. The van der Waals surface area contributed by atoms with Gasteiger partial charge in [0.05, 0.1) is 23.9 Å². The van der Waals surface area contributed by atoms with Gasteiger partial charge in [0, 0.05) is 10.9 Å². The predicted molar refractivity (Wildman–Crippen MR) is 82.6 cm³/mol. The van der Waals surface area contributed by atoms with Gasteiger partial charge < -0.3 is 4.57 Å². The molecule has 0 spiro atoms. The zero-order chi connectivity index (χ0) is 13.9. The number of hydrogen-bond donors (Lipinski definition) is 0. The van der Waals surface area contributed by atoms with Gasteiger partial charge in [0.2, 0.25) is 0 Å². The summed E-state index contributed by atoms with van der Waals surface area (Å²) < 4.78 is 2.89. The van der Waals surface area contributed by atoms with E-state index in [1.807, 2.05) is 53.1 Å². The van der Waals surface area contributed by atoms with Crippen LogP contribution in [0.2, 0.25) is 0 Å². The van der Waals surface area contributed by atoms with E-state index in [2.05, 4.69) is 20.9 Å². The van der Waals surface area contributed by atoms with Gasteiger partial charge in [-0.2, -0.15) is 0 Å². The van der Waals surface area contributed by atoms with Crippen LogP contribution < -0.4 is 0 Å². The van der Waals surface area contributed by atoms with Gasteiger partial charge in [0.1, 0.15) is 0 Å². The number of carbonyl (C=O) groups excluding carboxylic acids is 1. The minimum Gasteiger partial charge on any atom is -0.323 e. The second-order valence-corrected chi connectivity index (χ2v) is 5.62. The number of hydrogen-bond acceptors (Lipinski definition) is 2. The Morgan fingerprint density at radius 2 is 2.00 bits per heavy atom. The number of nitrogens with zero attached hydrogens (tertiary/aromatic N) is 2. The summed E-state index contributed by atoms with van der Waals surface area (Å²) in [6, 6.07) is 15.7. The molecule has 1 aromatic heterocycles. The lowest BCUT2D eigenvalue weighted by atomic mass is 10.1. The van der Waals surface area contributed by atoms with Crippen LogP contribution in [-0.4, -0.2) is 15.3 Å². The number of ketones is 1. The number of benzene rings is 2. The average molecular weight is 329 g/mol. The topological polar surface area (TPSA) is 34.9 Å². The second-order valence-electron chi connectivity index (χ2n) is 4.71. The van der Waals surface area contributed by atoms with Crippen molar-refractivity contribution in [2.24, 2.45) is 0 Å². The van der Waals surface area contributed by atoms with Crippen LogP contribution in [0.3, 0.4) is 0 Å². The first-order valence-corrected chi connectivity index (χ1v) is 7.18. The fraction of sp³-hybridized carbons (Fsp3) is 0.125. The lowest BCUT2D eigenvalue weighted by molar-refractivity contribution is -0.118. The normalized spacial score (nSPS) is 10.8. The van der Waals surface area contributed by atoms with Crippen LogP contribution in [0.5, 0.6) is 0 Å². The number of carbonyl (C=O) groups is 1. The Hall–Kier alpha value is -1.94. The van der Waals surface area contributed by atoms with Crippen molar-refractivity contribution in [1.29, 1.82) is 0 Å². The summed E-state index contributed by atoms with van der Waals surface area (Å²) >= 11 is 3.42. The van der Waals surface area contributed by atoms with E-state index in [1.165, 1.54) is 0 Å². The third-order valence-electron chi connectivity index (χ3n) is 3.16. The lowest BCUT2D eigenvalue weighted by Gasteiger charge is -2.04. The molecule has 20 heavy (non-hydrogen) atoms. The third-order valence-corrected chi connectivity index (χ3v) is 3.66. The minimum absolute atomic E-state index is 0.172. The van der Waals surface area contributed by atoms with Crippen molar-refractivity contribution in [1.82, 2.24) is 9.55 Å². The molecule has 3 aromatic rings. The first-order chi connectivity index (χ1) is 9.72. The van der Waals surface area contributed by atoms with Crippen molar-refractivity contribution >= 4 is 32.7 Å². The molecular formula is C16H13BrN2O. The molecule has 0 saturated carbocycles. The van der Waals surface area contributed by atoms with Crippen LogP contribution in [-0.2, 0) is 17.8 Å². The molecule has 0 aliphatic rings. The first kappa shape index (κ1) is 13.1. The molecule has 0 radical (unpaired) electrons. The summed E-state index contributed by atoms with van der Waals surface area (Å²) in [6.45, 7) is 0.354. The molecule has 0 unspecified atom stereocenters. The van der Waals surface area contributed by atoms with Gasteiger partial charge in [-0.25, -0.2) is 4.98 Å². The molecule has 3 nitrogen and oxygen atoms in total. The van der Waals surface area contributed by atoms with Crippen molar-refractivity contribution in [3.8, 4) is 0 Å². The Labute approximate surface area is 125 Å². The van der Waals surface area contributed by atoms with Crippen molar-refractivity contribution < 1.29 is 4.79 Å². The molecule has 0 atom stereocenters. The summed E-state index contributed by atoms with van der Waals surface area (Å²) in [7, 11) is 0. The highest BCUT2D eigenvalue weighted by Crippen LogP contribution is 2.14. The largest absolute Gasteiger partial charge is 0.323 e. The Bertz CT molecular complexity index is 764. The SMILES string of the molecule is O=C(Cc1cccc(Br)c1)Cn1cnc2ccccc21. The fourth-order valence-electron chi connectivity index (χ4n) is 2.26. The van der Waals surface area contributed by atoms with Crippen molar-refractivity contribution in [3.63, 3.8) is 0 Å². The van der Waals surface area contributed by atoms with Crippen LogP contribution in [0.15, 0.2) is 59.3 Å². The zero-order valence-corrected chi connectivity index (χ0v) is 12.4. The van der Waals surface area contributed by atoms with Crippen LogP contribution in [0.4, 0.5) is 0 Å². The van der Waals surface area contributed by atoms with Crippen LogP contribution in [0.25, 0.3) is 11.0 Å². The number of rotatable bonds is 4. The second kappa shape index (κ2) is 5.59. The van der Waals surface area contributed by atoms with E-state index < -0.39 is 0 Å². The molecule has 0 aliphatic heterocycles. The summed E-state index contributed by atoms with van der Waals surface area (Å²) in [5, 5.41) is 0. The van der Waals surface area contributed by atoms with Gasteiger partial charge in [-0.05, 0) is 29.8 Å². The van der Waals surface area contributed by atoms with E-state index in [0.29, 0.717) is 13.0 Å². The monoisotopic (exact) mass is 328 g/mol. The average Bonchev–Trinajstić information content (AvgIpc) is 2.82. The highest BCUT2D eigenvalue weighted by atomic mass is 79.9. The maximum atomic E-state index is 12.2. The first-order valence-electron chi connectivity index (χ1n) is 6.38. The van der Waals surface area contributed by atoms with Crippen LogP contribution in [0.1, 0.15) is 5.56 Å². The van der Waals surface area contributed by atoms with E-state index in [0.717, 1.165) is 21.1 Å².